The van der Waals surface area contributed by atoms with Crippen LogP contribution in [0.4, 0.5) is 0 Å². The smallest absolute Gasteiger partial charge is 0.223 e. The zero-order valence-corrected chi connectivity index (χ0v) is 16.9. The lowest BCUT2D eigenvalue weighted by Crippen LogP contribution is -2.27. The summed E-state index contributed by atoms with van der Waals surface area (Å²) < 4.78 is 8.25. The van der Waals surface area contributed by atoms with Gasteiger partial charge in [0, 0.05) is 31.5 Å². The Balaban J connectivity index is 1.32. The second kappa shape index (κ2) is 7.54. The fourth-order valence-corrected chi connectivity index (χ4v) is 4.40. The normalized spacial score (nSPS) is 19.3. The number of carbonyl (C=O) groups excluding carboxylic acids is 1. The predicted molar refractivity (Wildman–Crippen MR) is 113 cm³/mol. The van der Waals surface area contributed by atoms with Crippen molar-refractivity contribution in [3.63, 3.8) is 0 Å². The number of carbonyl (C=O) groups is 1. The van der Waals surface area contributed by atoms with Gasteiger partial charge in [-0.2, -0.15) is 0 Å². The maximum atomic E-state index is 12.5. The highest BCUT2D eigenvalue weighted by atomic mass is 16.5. The first-order chi connectivity index (χ1) is 14.2. The van der Waals surface area contributed by atoms with Crippen molar-refractivity contribution >= 4 is 16.9 Å². The van der Waals surface area contributed by atoms with Crippen LogP contribution in [0.2, 0.25) is 0 Å². The van der Waals surface area contributed by atoms with Crippen LogP contribution in [0.25, 0.3) is 11.0 Å². The minimum atomic E-state index is 0.188. The number of amides is 1. The first-order valence-corrected chi connectivity index (χ1v) is 10.6. The van der Waals surface area contributed by atoms with Crippen molar-refractivity contribution < 1.29 is 9.53 Å². The Morgan fingerprint density at radius 1 is 1.14 bits per heavy atom. The molecule has 2 aromatic carbocycles. The summed E-state index contributed by atoms with van der Waals surface area (Å²) in [6.07, 6.45) is 3.80. The molecule has 1 amide bonds. The first-order valence-electron chi connectivity index (χ1n) is 10.6. The van der Waals surface area contributed by atoms with E-state index in [1.54, 1.807) is 0 Å². The molecule has 0 N–H and O–H groups in total. The van der Waals surface area contributed by atoms with Gasteiger partial charge in [-0.05, 0) is 56.0 Å². The van der Waals surface area contributed by atoms with Crippen LogP contribution in [0.3, 0.4) is 0 Å². The van der Waals surface area contributed by atoms with Crippen LogP contribution in [0.5, 0.6) is 5.75 Å². The molecule has 1 saturated carbocycles. The van der Waals surface area contributed by atoms with Gasteiger partial charge in [0.25, 0.3) is 0 Å². The van der Waals surface area contributed by atoms with Gasteiger partial charge >= 0.3 is 0 Å². The van der Waals surface area contributed by atoms with Crippen LogP contribution in [0, 0.1) is 6.92 Å². The summed E-state index contributed by atoms with van der Waals surface area (Å²) in [5.41, 5.74) is 3.37. The number of likely N-dealkylation sites (tertiary alicyclic amines) is 1. The van der Waals surface area contributed by atoms with Gasteiger partial charge in [-0.1, -0.05) is 24.3 Å². The number of hydrogen-bond acceptors (Lipinski definition) is 3. The number of aryl methyl sites for hydroxylation is 2. The molecule has 2 fully saturated rings. The number of fused-ring (bicyclic) bond motifs is 1. The fraction of sp³-hybridized carbons (Fsp3) is 0.417. The Kier molecular flexibility index (Phi) is 4.74. The lowest BCUT2D eigenvalue weighted by atomic mass is 10.1. The third kappa shape index (κ3) is 3.74. The topological polar surface area (TPSA) is 47.4 Å². The average molecular weight is 389 g/mol. The first kappa shape index (κ1) is 18.2. The van der Waals surface area contributed by atoms with E-state index >= 15 is 0 Å². The van der Waals surface area contributed by atoms with Crippen molar-refractivity contribution in [2.75, 3.05) is 13.2 Å². The van der Waals surface area contributed by atoms with E-state index in [0.717, 1.165) is 55.0 Å². The zero-order valence-electron chi connectivity index (χ0n) is 16.9. The van der Waals surface area contributed by atoms with Gasteiger partial charge < -0.3 is 14.2 Å². The zero-order chi connectivity index (χ0) is 19.8. The van der Waals surface area contributed by atoms with Gasteiger partial charge in [0.1, 0.15) is 11.6 Å². The van der Waals surface area contributed by atoms with Crippen molar-refractivity contribution in [1.29, 1.82) is 0 Å². The monoisotopic (exact) mass is 389 g/mol. The van der Waals surface area contributed by atoms with Crippen molar-refractivity contribution in [3.8, 4) is 5.75 Å². The highest BCUT2D eigenvalue weighted by molar-refractivity contribution is 5.81. The van der Waals surface area contributed by atoms with Crippen LogP contribution >= 0.6 is 0 Å². The van der Waals surface area contributed by atoms with Gasteiger partial charge in [0.15, 0.2) is 0 Å². The Bertz CT molecular complexity index is 1040. The van der Waals surface area contributed by atoms with Gasteiger partial charge in [-0.25, -0.2) is 4.98 Å². The molecule has 5 nitrogen and oxygen atoms in total. The molecule has 3 aromatic rings. The molecule has 2 aliphatic rings. The Morgan fingerprint density at radius 2 is 2.00 bits per heavy atom. The Hall–Kier alpha value is -2.82. The molecule has 1 aromatic heterocycles. The molecule has 5 heteroatoms. The molecule has 1 aliphatic carbocycles. The summed E-state index contributed by atoms with van der Waals surface area (Å²) in [5.74, 6) is 2.45. The second-order valence-electron chi connectivity index (χ2n) is 8.31. The Morgan fingerprint density at radius 3 is 2.83 bits per heavy atom. The number of nitrogens with zero attached hydrogens (tertiary/aromatic N) is 3. The molecule has 0 spiro atoms. The summed E-state index contributed by atoms with van der Waals surface area (Å²) in [7, 11) is 0. The lowest BCUT2D eigenvalue weighted by Gasteiger charge is -2.16. The minimum absolute atomic E-state index is 0.188. The van der Waals surface area contributed by atoms with E-state index in [4.69, 9.17) is 9.72 Å². The standard InChI is InChI=1S/C24H27N3O2/c1-17-6-4-7-20(14-17)29-13-5-12-26-22-9-3-2-8-21(22)25-24(26)18-15-23(28)27(16-18)19-10-11-19/h2-4,6-9,14,18-19H,5,10-13,15-16H2,1H3. The summed E-state index contributed by atoms with van der Waals surface area (Å²) in [5, 5.41) is 0. The third-order valence-electron chi connectivity index (χ3n) is 5.98. The lowest BCUT2D eigenvalue weighted by molar-refractivity contribution is -0.128. The molecule has 2 heterocycles. The number of para-hydroxylation sites is 2. The molecule has 1 aliphatic heterocycles. The number of rotatable bonds is 7. The van der Waals surface area contributed by atoms with Gasteiger partial charge in [0.2, 0.25) is 5.91 Å². The van der Waals surface area contributed by atoms with Crippen LogP contribution < -0.4 is 4.74 Å². The van der Waals surface area contributed by atoms with Crippen molar-refractivity contribution in [2.45, 2.75) is 51.1 Å². The quantitative estimate of drug-likeness (QED) is 0.566. The summed E-state index contributed by atoms with van der Waals surface area (Å²) in [4.78, 5) is 19.5. The van der Waals surface area contributed by atoms with Crippen LogP contribution in [-0.2, 0) is 11.3 Å². The molecule has 0 radical (unpaired) electrons. The minimum Gasteiger partial charge on any atom is -0.494 e. The number of ether oxygens (including phenoxy) is 1. The molecule has 1 unspecified atom stereocenters. The molecule has 0 bridgehead atoms. The van der Waals surface area contributed by atoms with Crippen LogP contribution in [0.15, 0.2) is 48.5 Å². The van der Waals surface area contributed by atoms with E-state index in [1.807, 2.05) is 18.2 Å². The molecule has 5 rings (SSSR count). The number of aromatic nitrogens is 2. The number of hydrogen-bond donors (Lipinski definition) is 0. The van der Waals surface area contributed by atoms with E-state index in [2.05, 4.69) is 46.7 Å². The maximum absolute atomic E-state index is 12.5. The number of imidazole rings is 1. The van der Waals surface area contributed by atoms with E-state index in [1.165, 1.54) is 5.56 Å². The third-order valence-corrected chi connectivity index (χ3v) is 5.98. The van der Waals surface area contributed by atoms with Crippen molar-refractivity contribution in [1.82, 2.24) is 14.5 Å². The van der Waals surface area contributed by atoms with Crippen molar-refractivity contribution in [3.05, 3.63) is 59.9 Å². The van der Waals surface area contributed by atoms with Crippen LogP contribution in [-0.4, -0.2) is 39.6 Å². The predicted octanol–water partition coefficient (Wildman–Crippen LogP) is 4.29. The Labute approximate surface area is 171 Å². The highest BCUT2D eigenvalue weighted by Gasteiger charge is 2.41. The molecular weight excluding hydrogens is 362 g/mol. The van der Waals surface area contributed by atoms with Gasteiger partial charge in [-0.15, -0.1) is 0 Å². The number of benzene rings is 2. The van der Waals surface area contributed by atoms with Crippen LogP contribution in [0.1, 0.15) is 43.0 Å². The van der Waals surface area contributed by atoms with E-state index in [0.29, 0.717) is 25.0 Å². The maximum Gasteiger partial charge on any atom is 0.223 e. The fourth-order valence-electron chi connectivity index (χ4n) is 4.40. The molecule has 1 saturated heterocycles. The summed E-state index contributed by atoms with van der Waals surface area (Å²) >= 11 is 0. The van der Waals surface area contributed by atoms with E-state index < -0.39 is 0 Å². The van der Waals surface area contributed by atoms with E-state index in [-0.39, 0.29) is 5.92 Å². The molecule has 1 atom stereocenters. The molecule has 150 valence electrons. The van der Waals surface area contributed by atoms with E-state index in [9.17, 15) is 4.79 Å². The van der Waals surface area contributed by atoms with Gasteiger partial charge in [0.05, 0.1) is 17.6 Å². The molecule has 29 heavy (non-hydrogen) atoms. The van der Waals surface area contributed by atoms with Gasteiger partial charge in [-0.3, -0.25) is 4.79 Å². The summed E-state index contributed by atoms with van der Waals surface area (Å²) in [6, 6.07) is 16.9. The second-order valence-corrected chi connectivity index (χ2v) is 8.31. The van der Waals surface area contributed by atoms with Crippen molar-refractivity contribution in [2.24, 2.45) is 0 Å². The molecular formula is C24H27N3O2. The SMILES string of the molecule is Cc1cccc(OCCCn2c(C3CC(=O)N(C4CC4)C3)nc3ccccc32)c1. The largest absolute Gasteiger partial charge is 0.494 e. The summed E-state index contributed by atoms with van der Waals surface area (Å²) in [6.45, 7) is 4.39. The highest BCUT2D eigenvalue weighted by Crippen LogP contribution is 2.37. The average Bonchev–Trinajstić information content (AvgIpc) is 3.39.